The highest BCUT2D eigenvalue weighted by atomic mass is 35.5. The van der Waals surface area contributed by atoms with Gasteiger partial charge < -0.3 is 25.0 Å². The average Bonchev–Trinajstić information content (AvgIpc) is 2.96. The fourth-order valence-corrected chi connectivity index (χ4v) is 5.76. The largest absolute Gasteiger partial charge is 0.449 e. The summed E-state index contributed by atoms with van der Waals surface area (Å²) in [6.45, 7) is 8.00. The Hall–Kier alpha value is -3.18. The number of carbonyl (C=O) groups is 1. The van der Waals surface area contributed by atoms with Gasteiger partial charge in [0, 0.05) is 53.9 Å². The van der Waals surface area contributed by atoms with Crippen molar-refractivity contribution >= 4 is 35.2 Å². The van der Waals surface area contributed by atoms with Gasteiger partial charge in [0.05, 0.1) is 24.7 Å². The molecule has 5 rings (SSSR count). The summed E-state index contributed by atoms with van der Waals surface area (Å²) in [5.74, 6) is 1.94. The molecule has 2 aliphatic rings. The molecule has 1 atom stereocenters. The van der Waals surface area contributed by atoms with Gasteiger partial charge in [-0.1, -0.05) is 23.2 Å². The van der Waals surface area contributed by atoms with Gasteiger partial charge in [0.1, 0.15) is 0 Å². The van der Waals surface area contributed by atoms with Crippen molar-refractivity contribution in [3.63, 3.8) is 0 Å². The standard InChI is InChI=1S/C29H35Cl2N7O3/c1-19(37-5-3-20(4-6-37)18-40-28(32)39)21-13-26(22-11-23(30)15-24(31)12-22)35-27(14-21)41-25-16-33-29(34-17-25)38-9-7-36(2)8-10-38/h11-17,19-20H,3-10,18H2,1-2H3,(H2,32,39). The Labute approximate surface area is 250 Å². The number of amides is 1. The quantitative estimate of drug-likeness (QED) is 0.370. The van der Waals surface area contributed by atoms with Gasteiger partial charge in [-0.2, -0.15) is 0 Å². The van der Waals surface area contributed by atoms with E-state index in [0.717, 1.165) is 63.2 Å². The minimum Gasteiger partial charge on any atom is -0.449 e. The fourth-order valence-electron chi connectivity index (χ4n) is 5.24. The molecule has 10 nitrogen and oxygen atoms in total. The molecule has 218 valence electrons. The number of primary amides is 1. The monoisotopic (exact) mass is 599 g/mol. The van der Waals surface area contributed by atoms with Crippen LogP contribution < -0.4 is 15.4 Å². The number of pyridine rings is 1. The number of likely N-dealkylation sites (tertiary alicyclic amines) is 1. The van der Waals surface area contributed by atoms with Crippen LogP contribution in [0.2, 0.25) is 10.0 Å². The smallest absolute Gasteiger partial charge is 0.404 e. The summed E-state index contributed by atoms with van der Waals surface area (Å²) in [6, 6.07) is 9.47. The second-order valence-corrected chi connectivity index (χ2v) is 11.6. The SMILES string of the molecule is CC(c1cc(Oc2cnc(N3CCN(C)CC3)nc2)nc(-c2cc(Cl)cc(Cl)c2)c1)N1CCC(COC(N)=O)CC1. The van der Waals surface area contributed by atoms with Gasteiger partial charge >= 0.3 is 6.09 Å². The number of benzene rings is 1. The average molecular weight is 601 g/mol. The Kier molecular flexibility index (Phi) is 9.44. The summed E-state index contributed by atoms with van der Waals surface area (Å²) in [7, 11) is 2.12. The zero-order valence-electron chi connectivity index (χ0n) is 23.3. The number of likely N-dealkylation sites (N-methyl/N-ethyl adjacent to an activating group) is 1. The summed E-state index contributed by atoms with van der Waals surface area (Å²) in [5.41, 5.74) is 7.68. The van der Waals surface area contributed by atoms with Crippen molar-refractivity contribution in [1.29, 1.82) is 0 Å². The number of halogens is 2. The predicted octanol–water partition coefficient (Wildman–Crippen LogP) is 5.26. The van der Waals surface area contributed by atoms with Crippen molar-refractivity contribution in [2.75, 3.05) is 57.8 Å². The zero-order valence-corrected chi connectivity index (χ0v) is 24.8. The molecule has 0 spiro atoms. The maximum Gasteiger partial charge on any atom is 0.404 e. The lowest BCUT2D eigenvalue weighted by Gasteiger charge is -2.36. The number of piperazine rings is 1. The van der Waals surface area contributed by atoms with Crippen molar-refractivity contribution in [2.45, 2.75) is 25.8 Å². The normalized spacial score (nSPS) is 17.8. The summed E-state index contributed by atoms with van der Waals surface area (Å²) < 4.78 is 11.2. The van der Waals surface area contributed by atoms with Crippen LogP contribution in [0.4, 0.5) is 10.7 Å². The first-order chi connectivity index (χ1) is 19.7. The van der Waals surface area contributed by atoms with E-state index >= 15 is 0 Å². The number of aromatic nitrogens is 3. The third kappa shape index (κ3) is 7.77. The van der Waals surface area contributed by atoms with Crippen molar-refractivity contribution in [3.05, 3.63) is 58.3 Å². The number of hydrogen-bond acceptors (Lipinski definition) is 9. The van der Waals surface area contributed by atoms with Crippen LogP contribution in [0, 0.1) is 5.92 Å². The van der Waals surface area contributed by atoms with Crippen molar-refractivity contribution in [1.82, 2.24) is 24.8 Å². The predicted molar refractivity (Wildman–Crippen MR) is 160 cm³/mol. The van der Waals surface area contributed by atoms with Gasteiger partial charge in [0.25, 0.3) is 0 Å². The molecule has 0 saturated carbocycles. The van der Waals surface area contributed by atoms with Gasteiger partial charge in [0.15, 0.2) is 5.75 Å². The minimum atomic E-state index is -0.724. The molecule has 41 heavy (non-hydrogen) atoms. The van der Waals surface area contributed by atoms with E-state index in [-0.39, 0.29) is 6.04 Å². The van der Waals surface area contributed by atoms with Gasteiger partial charge in [-0.15, -0.1) is 0 Å². The second kappa shape index (κ2) is 13.2. The van der Waals surface area contributed by atoms with Crippen LogP contribution in [0.1, 0.15) is 31.4 Å². The second-order valence-electron chi connectivity index (χ2n) is 10.7. The van der Waals surface area contributed by atoms with E-state index in [1.54, 1.807) is 18.5 Å². The molecule has 2 N–H and O–H groups in total. The molecule has 2 saturated heterocycles. The topological polar surface area (TPSA) is 110 Å². The molecule has 1 amide bonds. The summed E-state index contributed by atoms with van der Waals surface area (Å²) in [5, 5.41) is 1.06. The first-order valence-electron chi connectivity index (χ1n) is 13.8. The van der Waals surface area contributed by atoms with E-state index in [2.05, 4.69) is 44.7 Å². The molecular weight excluding hydrogens is 565 g/mol. The first kappa shape index (κ1) is 29.3. The highest BCUT2D eigenvalue weighted by Crippen LogP contribution is 2.34. The number of ether oxygens (including phenoxy) is 2. The van der Waals surface area contributed by atoms with Crippen LogP contribution in [0.25, 0.3) is 11.3 Å². The maximum atomic E-state index is 11.0. The van der Waals surface area contributed by atoms with Crippen LogP contribution in [0.3, 0.4) is 0 Å². The minimum absolute atomic E-state index is 0.0858. The molecular formula is C29H35Cl2N7O3. The van der Waals surface area contributed by atoms with E-state index in [1.807, 2.05) is 18.2 Å². The molecule has 3 aromatic rings. The fraction of sp³-hybridized carbons (Fsp3) is 0.448. The molecule has 0 aliphatic carbocycles. The Morgan fingerprint density at radius 1 is 1.00 bits per heavy atom. The summed E-state index contributed by atoms with van der Waals surface area (Å²) in [6.07, 6.45) is 4.48. The van der Waals surface area contributed by atoms with E-state index in [4.69, 9.17) is 43.4 Å². The van der Waals surface area contributed by atoms with Gasteiger partial charge in [-0.05, 0) is 75.6 Å². The number of piperidine rings is 1. The third-order valence-electron chi connectivity index (χ3n) is 7.75. The molecule has 1 aromatic carbocycles. The van der Waals surface area contributed by atoms with Crippen molar-refractivity contribution < 1.29 is 14.3 Å². The number of nitrogens with zero attached hydrogens (tertiary/aromatic N) is 6. The van der Waals surface area contributed by atoms with E-state index in [9.17, 15) is 4.79 Å². The number of hydrogen-bond donors (Lipinski definition) is 1. The summed E-state index contributed by atoms with van der Waals surface area (Å²) >= 11 is 12.7. The molecule has 2 aromatic heterocycles. The summed E-state index contributed by atoms with van der Waals surface area (Å²) in [4.78, 5) is 31.8. The highest BCUT2D eigenvalue weighted by molar-refractivity contribution is 6.35. The molecule has 4 heterocycles. The number of carbonyl (C=O) groups excluding carboxylic acids is 1. The van der Waals surface area contributed by atoms with Crippen molar-refractivity contribution in [2.24, 2.45) is 11.7 Å². The highest BCUT2D eigenvalue weighted by Gasteiger charge is 2.25. The van der Waals surface area contributed by atoms with Crippen LogP contribution in [0.15, 0.2) is 42.7 Å². The molecule has 1 unspecified atom stereocenters. The first-order valence-corrected chi connectivity index (χ1v) is 14.6. The molecule has 0 radical (unpaired) electrons. The van der Waals surface area contributed by atoms with Gasteiger partial charge in [-0.3, -0.25) is 4.90 Å². The van der Waals surface area contributed by atoms with Gasteiger partial charge in [-0.25, -0.2) is 19.7 Å². The molecule has 12 heteroatoms. The van der Waals surface area contributed by atoms with Crippen LogP contribution in [-0.4, -0.2) is 83.8 Å². The lowest BCUT2D eigenvalue weighted by atomic mass is 9.95. The van der Waals surface area contributed by atoms with E-state index in [1.165, 1.54) is 0 Å². The number of rotatable bonds is 8. The van der Waals surface area contributed by atoms with E-state index < -0.39 is 6.09 Å². The zero-order chi connectivity index (χ0) is 28.9. The maximum absolute atomic E-state index is 11.0. The Balaban J connectivity index is 1.36. The Morgan fingerprint density at radius 2 is 1.66 bits per heavy atom. The lowest BCUT2D eigenvalue weighted by molar-refractivity contribution is 0.0879. The third-order valence-corrected chi connectivity index (χ3v) is 8.18. The molecule has 2 aliphatic heterocycles. The molecule has 2 fully saturated rings. The van der Waals surface area contributed by atoms with Crippen LogP contribution in [0.5, 0.6) is 11.6 Å². The van der Waals surface area contributed by atoms with Crippen molar-refractivity contribution in [3.8, 4) is 22.9 Å². The Morgan fingerprint density at radius 3 is 2.29 bits per heavy atom. The number of anilines is 1. The Bertz CT molecular complexity index is 1320. The van der Waals surface area contributed by atoms with Crippen LogP contribution in [-0.2, 0) is 4.74 Å². The number of nitrogens with two attached hydrogens (primary N) is 1. The lowest BCUT2D eigenvalue weighted by Crippen LogP contribution is -2.45. The van der Waals surface area contributed by atoms with Gasteiger partial charge in [0.2, 0.25) is 11.8 Å². The molecule has 0 bridgehead atoms. The van der Waals surface area contributed by atoms with Crippen LogP contribution >= 0.6 is 23.2 Å². The van der Waals surface area contributed by atoms with E-state index in [0.29, 0.717) is 45.8 Å².